The third-order valence-corrected chi connectivity index (χ3v) is 3.39. The molecule has 22 heavy (non-hydrogen) atoms. The summed E-state index contributed by atoms with van der Waals surface area (Å²) in [6.45, 7) is 5.55. The number of aryl methyl sites for hydroxylation is 3. The number of hydrogen-bond acceptors (Lipinski definition) is 3. The van der Waals surface area contributed by atoms with Crippen LogP contribution in [0.5, 0.6) is 0 Å². The average Bonchev–Trinajstić information content (AvgIpc) is 2.86. The number of aliphatic imine (C=N–C) groups is 1. The first-order valence-corrected chi connectivity index (χ1v) is 6.93. The van der Waals surface area contributed by atoms with Crippen molar-refractivity contribution in [2.24, 2.45) is 12.0 Å². The van der Waals surface area contributed by atoms with E-state index in [1.165, 1.54) is 16.7 Å². The largest absolute Gasteiger partial charge is 0.352 e. The minimum Gasteiger partial charge on any atom is -0.352 e. The topological polar surface area (TPSA) is 67.1 Å². The molecule has 2 rings (SSSR count). The second-order valence-electron chi connectivity index (χ2n) is 5.07. The van der Waals surface area contributed by atoms with Crippen molar-refractivity contribution < 1.29 is 0 Å². The molecule has 0 spiro atoms. The standard InChI is InChI=1S/C15H22N6.HI/c1-11-5-6-13(12(2)7-11)8-17-15(16-3)18-9-14-20-19-10-21(14)4;/h5-7,10H,8-9H2,1-4H3,(H2,16,17,18);1H. The fourth-order valence-electron chi connectivity index (χ4n) is 2.07. The monoisotopic (exact) mass is 414 g/mol. The molecule has 7 heteroatoms. The van der Waals surface area contributed by atoms with Crippen LogP contribution in [0.3, 0.4) is 0 Å². The van der Waals surface area contributed by atoms with Gasteiger partial charge in [0.2, 0.25) is 0 Å². The molecule has 1 aromatic heterocycles. The highest BCUT2D eigenvalue weighted by Gasteiger charge is 2.04. The lowest BCUT2D eigenvalue weighted by molar-refractivity contribution is 0.725. The first-order chi connectivity index (χ1) is 10.1. The summed E-state index contributed by atoms with van der Waals surface area (Å²) < 4.78 is 1.88. The Morgan fingerprint density at radius 3 is 2.55 bits per heavy atom. The van der Waals surface area contributed by atoms with Crippen molar-refractivity contribution in [1.82, 2.24) is 25.4 Å². The van der Waals surface area contributed by atoms with Gasteiger partial charge in [-0.25, -0.2) is 0 Å². The maximum Gasteiger partial charge on any atom is 0.191 e. The molecule has 1 aromatic carbocycles. The van der Waals surface area contributed by atoms with Gasteiger partial charge in [-0.2, -0.15) is 0 Å². The molecule has 2 N–H and O–H groups in total. The van der Waals surface area contributed by atoms with Crippen LogP contribution in [0, 0.1) is 13.8 Å². The Morgan fingerprint density at radius 2 is 1.95 bits per heavy atom. The molecule has 0 radical (unpaired) electrons. The van der Waals surface area contributed by atoms with Crippen molar-refractivity contribution in [2.45, 2.75) is 26.9 Å². The van der Waals surface area contributed by atoms with Crippen LogP contribution >= 0.6 is 24.0 Å². The second-order valence-corrected chi connectivity index (χ2v) is 5.07. The molecular weight excluding hydrogens is 391 g/mol. The lowest BCUT2D eigenvalue weighted by atomic mass is 10.1. The molecule has 0 saturated carbocycles. The van der Waals surface area contributed by atoms with Crippen molar-refractivity contribution in [3.05, 3.63) is 47.0 Å². The molecule has 2 aromatic rings. The van der Waals surface area contributed by atoms with Gasteiger partial charge in [0.1, 0.15) is 6.33 Å². The van der Waals surface area contributed by atoms with E-state index in [0.717, 1.165) is 18.3 Å². The van der Waals surface area contributed by atoms with Crippen molar-refractivity contribution in [1.29, 1.82) is 0 Å². The zero-order chi connectivity index (χ0) is 15.2. The molecule has 0 aliphatic carbocycles. The highest BCUT2D eigenvalue weighted by Crippen LogP contribution is 2.09. The maximum atomic E-state index is 4.22. The number of nitrogens with one attached hydrogen (secondary N) is 2. The van der Waals surface area contributed by atoms with Crippen molar-refractivity contribution in [2.75, 3.05) is 7.05 Å². The van der Waals surface area contributed by atoms with E-state index in [0.29, 0.717) is 6.54 Å². The Bertz CT molecular complexity index is 635. The highest BCUT2D eigenvalue weighted by atomic mass is 127. The van der Waals surface area contributed by atoms with Gasteiger partial charge in [-0.1, -0.05) is 23.8 Å². The molecule has 0 atom stereocenters. The summed E-state index contributed by atoms with van der Waals surface area (Å²) >= 11 is 0. The van der Waals surface area contributed by atoms with Gasteiger partial charge < -0.3 is 15.2 Å². The molecule has 0 aliphatic rings. The smallest absolute Gasteiger partial charge is 0.191 e. The molecule has 6 nitrogen and oxygen atoms in total. The zero-order valence-electron chi connectivity index (χ0n) is 13.4. The van der Waals surface area contributed by atoms with Gasteiger partial charge >= 0.3 is 0 Å². The third-order valence-electron chi connectivity index (χ3n) is 3.39. The molecule has 0 saturated heterocycles. The van der Waals surface area contributed by atoms with Crippen LogP contribution in [0.15, 0.2) is 29.5 Å². The minimum atomic E-state index is 0. The summed E-state index contributed by atoms with van der Waals surface area (Å²) in [5.74, 6) is 1.61. The summed E-state index contributed by atoms with van der Waals surface area (Å²) in [5.41, 5.74) is 3.83. The predicted molar refractivity (Wildman–Crippen MR) is 99.4 cm³/mol. The molecule has 0 aliphatic heterocycles. The fraction of sp³-hybridized carbons (Fsp3) is 0.400. The number of benzene rings is 1. The van der Waals surface area contributed by atoms with Crippen molar-refractivity contribution in [3.63, 3.8) is 0 Å². The van der Waals surface area contributed by atoms with E-state index >= 15 is 0 Å². The van der Waals surface area contributed by atoms with E-state index in [9.17, 15) is 0 Å². The minimum absolute atomic E-state index is 0. The van der Waals surface area contributed by atoms with Gasteiger partial charge in [-0.05, 0) is 25.0 Å². The molecule has 120 valence electrons. The summed E-state index contributed by atoms with van der Waals surface area (Å²) in [6, 6.07) is 6.46. The second kappa shape index (κ2) is 8.72. The Morgan fingerprint density at radius 1 is 1.23 bits per heavy atom. The first-order valence-electron chi connectivity index (χ1n) is 6.93. The summed E-state index contributed by atoms with van der Waals surface area (Å²) in [6.07, 6.45) is 1.68. The van der Waals surface area contributed by atoms with Crippen LogP contribution < -0.4 is 10.6 Å². The molecule has 1 heterocycles. The van der Waals surface area contributed by atoms with Gasteiger partial charge in [-0.15, -0.1) is 34.2 Å². The van der Waals surface area contributed by atoms with Crippen molar-refractivity contribution >= 4 is 29.9 Å². The van der Waals surface area contributed by atoms with Crippen LogP contribution in [0.2, 0.25) is 0 Å². The van der Waals surface area contributed by atoms with Crippen LogP contribution in [0.25, 0.3) is 0 Å². The number of halogens is 1. The Hall–Kier alpha value is -1.64. The zero-order valence-corrected chi connectivity index (χ0v) is 15.8. The average molecular weight is 414 g/mol. The summed E-state index contributed by atoms with van der Waals surface area (Å²) in [7, 11) is 3.68. The summed E-state index contributed by atoms with van der Waals surface area (Å²) in [5, 5.41) is 14.4. The number of hydrogen-bond donors (Lipinski definition) is 2. The molecule has 0 bridgehead atoms. The van der Waals surface area contributed by atoms with Gasteiger partial charge in [-0.3, -0.25) is 4.99 Å². The third kappa shape index (κ3) is 4.97. The Labute approximate surface area is 148 Å². The van der Waals surface area contributed by atoms with E-state index in [4.69, 9.17) is 0 Å². The van der Waals surface area contributed by atoms with E-state index in [1.807, 2.05) is 11.6 Å². The quantitative estimate of drug-likeness (QED) is 0.456. The van der Waals surface area contributed by atoms with Gasteiger partial charge in [0.25, 0.3) is 0 Å². The maximum absolute atomic E-state index is 4.22. The first kappa shape index (κ1) is 18.4. The fourth-order valence-corrected chi connectivity index (χ4v) is 2.07. The molecule has 0 amide bonds. The van der Waals surface area contributed by atoms with E-state index in [-0.39, 0.29) is 24.0 Å². The van der Waals surface area contributed by atoms with Gasteiger partial charge in [0, 0.05) is 20.6 Å². The van der Waals surface area contributed by atoms with Crippen LogP contribution in [0.4, 0.5) is 0 Å². The predicted octanol–water partition coefficient (Wildman–Crippen LogP) is 1.92. The number of guanidine groups is 1. The van der Waals surface area contributed by atoms with E-state index < -0.39 is 0 Å². The van der Waals surface area contributed by atoms with Crippen LogP contribution in [-0.2, 0) is 20.1 Å². The Kier molecular flexibility index (Phi) is 7.30. The number of nitrogens with zero attached hydrogens (tertiary/aromatic N) is 4. The molecule has 0 fully saturated rings. The highest BCUT2D eigenvalue weighted by molar-refractivity contribution is 14.0. The van der Waals surface area contributed by atoms with Crippen LogP contribution in [0.1, 0.15) is 22.5 Å². The lowest BCUT2D eigenvalue weighted by Gasteiger charge is -2.13. The number of rotatable bonds is 4. The number of aromatic nitrogens is 3. The van der Waals surface area contributed by atoms with E-state index in [2.05, 4.69) is 57.9 Å². The normalized spacial score (nSPS) is 11.0. The van der Waals surface area contributed by atoms with Gasteiger partial charge in [0.05, 0.1) is 6.54 Å². The van der Waals surface area contributed by atoms with Gasteiger partial charge in [0.15, 0.2) is 11.8 Å². The summed E-state index contributed by atoms with van der Waals surface area (Å²) in [4.78, 5) is 4.22. The lowest BCUT2D eigenvalue weighted by Crippen LogP contribution is -2.37. The molecule has 0 unspecified atom stereocenters. The Balaban J connectivity index is 0.00000242. The van der Waals surface area contributed by atoms with Crippen LogP contribution in [-0.4, -0.2) is 27.8 Å². The molecular formula is C15H23IN6. The SMILES string of the molecule is CN=C(NCc1ccc(C)cc1C)NCc1nncn1C.I. The van der Waals surface area contributed by atoms with E-state index in [1.54, 1.807) is 13.4 Å². The van der Waals surface area contributed by atoms with Crippen molar-refractivity contribution in [3.8, 4) is 0 Å².